The van der Waals surface area contributed by atoms with Crippen molar-refractivity contribution in [3.05, 3.63) is 45.1 Å². The summed E-state index contributed by atoms with van der Waals surface area (Å²) in [6.07, 6.45) is 7.06. The van der Waals surface area contributed by atoms with E-state index < -0.39 is 11.9 Å². The van der Waals surface area contributed by atoms with Gasteiger partial charge in [0.2, 0.25) is 11.8 Å². The van der Waals surface area contributed by atoms with Crippen LogP contribution in [0.1, 0.15) is 19.3 Å². The number of piperidine rings is 1. The monoisotopic (exact) mass is 346 g/mol. The van der Waals surface area contributed by atoms with Gasteiger partial charge in [-0.2, -0.15) is 0 Å². The zero-order valence-electron chi connectivity index (χ0n) is 11.0. The third kappa shape index (κ3) is 1.72. The van der Waals surface area contributed by atoms with Crippen LogP contribution in [-0.4, -0.2) is 28.7 Å². The minimum absolute atomic E-state index is 0.156. The van der Waals surface area contributed by atoms with Crippen LogP contribution in [0, 0.1) is 0 Å². The average Bonchev–Trinajstić information content (AvgIpc) is 2.74. The molecule has 2 aliphatic carbocycles. The Kier molecular flexibility index (Phi) is 2.60. The van der Waals surface area contributed by atoms with Gasteiger partial charge in [-0.25, -0.2) is 0 Å². The maximum atomic E-state index is 12.7. The molecule has 3 amide bonds. The second-order valence-electron chi connectivity index (χ2n) is 5.46. The van der Waals surface area contributed by atoms with Crippen LogP contribution in [-0.2, 0) is 14.4 Å². The lowest BCUT2D eigenvalue weighted by atomic mass is 9.90. The third-order valence-electron chi connectivity index (χ3n) is 4.21. The Morgan fingerprint density at radius 1 is 1.24 bits per heavy atom. The molecule has 1 fully saturated rings. The number of nitrogens with one attached hydrogen (secondary N) is 1. The summed E-state index contributed by atoms with van der Waals surface area (Å²) >= 11 is 3.51. The van der Waals surface area contributed by atoms with Crippen LogP contribution in [0.3, 0.4) is 0 Å². The molecule has 4 rings (SSSR count). The highest BCUT2D eigenvalue weighted by Gasteiger charge is 2.45. The summed E-state index contributed by atoms with van der Waals surface area (Å²) in [5.74, 6) is -0.831. The molecule has 106 valence electrons. The van der Waals surface area contributed by atoms with Crippen LogP contribution < -0.4 is 5.32 Å². The number of hydrogen-bond acceptors (Lipinski definition) is 3. The maximum Gasteiger partial charge on any atom is 0.259 e. The Bertz CT molecular complexity index is 742. The quantitative estimate of drug-likeness (QED) is 0.730. The Morgan fingerprint density at radius 2 is 2.05 bits per heavy atom. The molecule has 2 bridgehead atoms. The number of hydrogen-bond donors (Lipinski definition) is 1. The fourth-order valence-corrected chi connectivity index (χ4v) is 3.98. The number of allylic oxidation sites excluding steroid dienone is 5. The van der Waals surface area contributed by atoms with Gasteiger partial charge in [-0.05, 0) is 45.6 Å². The predicted molar refractivity (Wildman–Crippen MR) is 77.8 cm³/mol. The first-order valence-corrected chi connectivity index (χ1v) is 7.55. The van der Waals surface area contributed by atoms with Crippen LogP contribution in [0.25, 0.3) is 0 Å². The second kappa shape index (κ2) is 4.27. The molecule has 1 N–H and O–H groups in total. The molecule has 5 nitrogen and oxygen atoms in total. The van der Waals surface area contributed by atoms with Crippen molar-refractivity contribution in [2.45, 2.75) is 25.3 Å². The summed E-state index contributed by atoms with van der Waals surface area (Å²) in [5.41, 5.74) is 3.54. The van der Waals surface area contributed by atoms with Gasteiger partial charge in [-0.3, -0.25) is 24.6 Å². The van der Waals surface area contributed by atoms with Crippen molar-refractivity contribution in [2.75, 3.05) is 0 Å². The molecule has 0 aromatic rings. The van der Waals surface area contributed by atoms with Crippen molar-refractivity contribution < 1.29 is 14.4 Å². The molecule has 0 aromatic carbocycles. The largest absolute Gasteiger partial charge is 0.295 e. The number of rotatable bonds is 1. The number of fused-ring (bicyclic) bond motifs is 1. The highest BCUT2D eigenvalue weighted by molar-refractivity contribution is 9.11. The average molecular weight is 347 g/mol. The van der Waals surface area contributed by atoms with Crippen molar-refractivity contribution in [1.82, 2.24) is 10.2 Å². The zero-order chi connectivity index (χ0) is 14.7. The lowest BCUT2D eigenvalue weighted by Crippen LogP contribution is -2.53. The fourth-order valence-electron chi connectivity index (χ4n) is 3.25. The van der Waals surface area contributed by atoms with Gasteiger partial charge >= 0.3 is 0 Å². The first kappa shape index (κ1) is 12.8. The van der Waals surface area contributed by atoms with Gasteiger partial charge in [0.05, 0.1) is 5.70 Å². The first-order valence-electron chi connectivity index (χ1n) is 6.75. The molecule has 1 atom stereocenters. The van der Waals surface area contributed by atoms with E-state index >= 15 is 0 Å². The van der Waals surface area contributed by atoms with E-state index in [1.807, 2.05) is 18.2 Å². The standard InChI is InChI=1S/C15H11BrN2O3/c16-10-6-7-1-2-8-9(5-7)13(10)18(15(8)21)11-3-4-12(19)17-14(11)20/h1-2,6,11H,3-5H2,(H,17,19,20). The van der Waals surface area contributed by atoms with Crippen LogP contribution in [0.2, 0.25) is 0 Å². The van der Waals surface area contributed by atoms with Gasteiger partial charge in [-0.15, -0.1) is 0 Å². The smallest absolute Gasteiger partial charge is 0.259 e. The molecular weight excluding hydrogens is 336 g/mol. The van der Waals surface area contributed by atoms with Crippen LogP contribution in [0.5, 0.6) is 0 Å². The number of amides is 3. The molecule has 1 saturated heterocycles. The van der Waals surface area contributed by atoms with E-state index in [2.05, 4.69) is 21.2 Å². The minimum Gasteiger partial charge on any atom is -0.295 e. The molecule has 0 radical (unpaired) electrons. The highest BCUT2D eigenvalue weighted by atomic mass is 79.9. The van der Waals surface area contributed by atoms with E-state index in [1.165, 1.54) is 0 Å². The van der Waals surface area contributed by atoms with Crippen molar-refractivity contribution in [3.63, 3.8) is 0 Å². The third-order valence-corrected chi connectivity index (χ3v) is 4.81. The van der Waals surface area contributed by atoms with Crippen molar-refractivity contribution in [2.24, 2.45) is 0 Å². The molecule has 1 unspecified atom stereocenters. The van der Waals surface area contributed by atoms with Crippen LogP contribution in [0.15, 0.2) is 45.1 Å². The van der Waals surface area contributed by atoms with Gasteiger partial charge < -0.3 is 0 Å². The van der Waals surface area contributed by atoms with Crippen LogP contribution >= 0.6 is 15.9 Å². The first-order chi connectivity index (χ1) is 10.1. The van der Waals surface area contributed by atoms with Crippen LogP contribution in [0.4, 0.5) is 0 Å². The molecule has 2 heterocycles. The molecule has 0 saturated carbocycles. The van der Waals surface area contributed by atoms with E-state index in [9.17, 15) is 14.4 Å². The van der Waals surface area contributed by atoms with E-state index in [0.29, 0.717) is 18.4 Å². The molecule has 2 aliphatic heterocycles. The summed E-state index contributed by atoms with van der Waals surface area (Å²) in [6.45, 7) is 0. The molecular formula is C15H11BrN2O3. The van der Waals surface area contributed by atoms with Gasteiger partial charge in [-0.1, -0.05) is 6.08 Å². The van der Waals surface area contributed by atoms with E-state index in [-0.39, 0.29) is 18.2 Å². The van der Waals surface area contributed by atoms with Crippen molar-refractivity contribution in [3.8, 4) is 0 Å². The summed E-state index contributed by atoms with van der Waals surface area (Å²) in [5, 5.41) is 2.32. The summed E-state index contributed by atoms with van der Waals surface area (Å²) in [6, 6.07) is -0.619. The number of carbonyl (C=O) groups excluding carboxylic acids is 3. The summed E-state index contributed by atoms with van der Waals surface area (Å²) in [4.78, 5) is 37.6. The second-order valence-corrected chi connectivity index (χ2v) is 6.31. The molecule has 0 aromatic heterocycles. The van der Waals surface area contributed by atoms with E-state index in [1.54, 1.807) is 4.90 Å². The Morgan fingerprint density at radius 3 is 2.81 bits per heavy atom. The van der Waals surface area contributed by atoms with Crippen molar-refractivity contribution >= 4 is 33.7 Å². The van der Waals surface area contributed by atoms with Gasteiger partial charge in [0, 0.05) is 22.9 Å². The normalized spacial score (nSPS) is 27.5. The molecule has 0 spiro atoms. The predicted octanol–water partition coefficient (Wildman–Crippen LogP) is 1.44. The Labute approximate surface area is 129 Å². The molecule has 6 heteroatoms. The Hall–Kier alpha value is -1.95. The number of nitrogens with zero attached hydrogens (tertiary/aromatic N) is 1. The number of halogens is 1. The zero-order valence-corrected chi connectivity index (χ0v) is 12.6. The Balaban J connectivity index is 1.80. The van der Waals surface area contributed by atoms with E-state index in [4.69, 9.17) is 0 Å². The van der Waals surface area contributed by atoms with Gasteiger partial charge in [0.25, 0.3) is 5.91 Å². The lowest BCUT2D eigenvalue weighted by Gasteiger charge is -2.32. The van der Waals surface area contributed by atoms with E-state index in [0.717, 1.165) is 21.3 Å². The maximum absolute atomic E-state index is 12.7. The summed E-state index contributed by atoms with van der Waals surface area (Å²) < 4.78 is 0.816. The molecule has 21 heavy (non-hydrogen) atoms. The number of carbonyl (C=O) groups is 3. The topological polar surface area (TPSA) is 66.5 Å². The minimum atomic E-state index is -0.619. The van der Waals surface area contributed by atoms with Gasteiger partial charge in [0.15, 0.2) is 0 Å². The SMILES string of the molecule is O=C1CCC(N2C(=O)C3=C4CC(=CC(Br)=C42)C=C3)C(=O)N1. The summed E-state index contributed by atoms with van der Waals surface area (Å²) in [7, 11) is 0. The lowest BCUT2D eigenvalue weighted by molar-refractivity contribution is -0.141. The number of imide groups is 1. The molecule has 4 aliphatic rings. The van der Waals surface area contributed by atoms with Gasteiger partial charge in [0.1, 0.15) is 6.04 Å². The fraction of sp³-hybridized carbons (Fsp3) is 0.267. The van der Waals surface area contributed by atoms with Crippen molar-refractivity contribution in [1.29, 1.82) is 0 Å². The highest BCUT2D eigenvalue weighted by Crippen LogP contribution is 2.45.